The number of hydrogen-bond donors (Lipinski definition) is 2. The number of aryl methyl sites for hydroxylation is 1. The fourth-order valence-electron chi connectivity index (χ4n) is 1.88. The zero-order valence-corrected chi connectivity index (χ0v) is 14.2. The van der Waals surface area contributed by atoms with Crippen LogP contribution in [-0.2, 0) is 20.7 Å². The maximum atomic E-state index is 11.8. The number of hydrogen-bond acceptors (Lipinski definition) is 5. The third-order valence-electron chi connectivity index (χ3n) is 2.93. The number of aromatic nitrogens is 1. The lowest BCUT2D eigenvalue weighted by Crippen LogP contribution is -2.43. The summed E-state index contributed by atoms with van der Waals surface area (Å²) in [5.74, 6) is -1.44. The molecule has 8 heteroatoms. The maximum Gasteiger partial charge on any atom is 0.328 e. The molecule has 0 aliphatic carbocycles. The largest absolute Gasteiger partial charge is 0.480 e. The fourth-order valence-corrected chi connectivity index (χ4v) is 3.18. The van der Waals surface area contributed by atoms with Crippen LogP contribution in [0.25, 0.3) is 10.2 Å². The van der Waals surface area contributed by atoms with Gasteiger partial charge in [0.05, 0.1) is 21.8 Å². The number of thiazole rings is 1. The van der Waals surface area contributed by atoms with Gasteiger partial charge in [0.25, 0.3) is 0 Å². The molecule has 0 spiro atoms. The highest BCUT2D eigenvalue weighted by atomic mass is 79.9. The molecule has 1 unspecified atom stereocenters. The van der Waals surface area contributed by atoms with Crippen LogP contribution in [0.3, 0.4) is 0 Å². The van der Waals surface area contributed by atoms with E-state index in [1.165, 1.54) is 18.4 Å². The lowest BCUT2D eigenvalue weighted by atomic mass is 10.2. The highest BCUT2D eigenvalue weighted by Crippen LogP contribution is 2.25. The predicted octanol–water partition coefficient (Wildman–Crippen LogP) is 2.21. The molecule has 1 aromatic carbocycles. The van der Waals surface area contributed by atoms with E-state index in [4.69, 9.17) is 9.84 Å². The summed E-state index contributed by atoms with van der Waals surface area (Å²) in [7, 11) is 1.39. The van der Waals surface area contributed by atoms with Gasteiger partial charge in [-0.1, -0.05) is 15.9 Å². The molecule has 2 N–H and O–H groups in total. The molecule has 2 rings (SSSR count). The summed E-state index contributed by atoms with van der Waals surface area (Å²) in [6.07, 6.45) is 0.663. The van der Waals surface area contributed by atoms with Gasteiger partial charge in [0.15, 0.2) is 6.04 Å². The number of nitrogens with zero attached hydrogens (tertiary/aromatic N) is 1. The minimum atomic E-state index is -1.11. The number of carbonyl (C=O) groups is 2. The van der Waals surface area contributed by atoms with Crippen molar-refractivity contribution in [3.05, 3.63) is 27.7 Å². The Bertz CT molecular complexity index is 689. The van der Waals surface area contributed by atoms with Crippen molar-refractivity contribution in [2.24, 2.45) is 0 Å². The number of fused-ring (bicyclic) bond motifs is 1. The average molecular weight is 387 g/mol. The smallest absolute Gasteiger partial charge is 0.328 e. The number of benzene rings is 1. The zero-order valence-electron chi connectivity index (χ0n) is 11.8. The van der Waals surface area contributed by atoms with E-state index in [0.29, 0.717) is 6.42 Å². The van der Waals surface area contributed by atoms with Gasteiger partial charge < -0.3 is 15.2 Å². The molecule has 1 amide bonds. The molecule has 0 radical (unpaired) electrons. The van der Waals surface area contributed by atoms with Crippen LogP contribution in [0.5, 0.6) is 0 Å². The number of carbonyl (C=O) groups excluding carboxylic acids is 1. The Balaban J connectivity index is 1.93. The van der Waals surface area contributed by atoms with Crippen molar-refractivity contribution < 1.29 is 19.4 Å². The van der Waals surface area contributed by atoms with E-state index in [9.17, 15) is 9.59 Å². The fraction of sp³-hybridized carbons (Fsp3) is 0.357. The molecule has 1 atom stereocenters. The summed E-state index contributed by atoms with van der Waals surface area (Å²) < 4.78 is 6.78. The van der Waals surface area contributed by atoms with Gasteiger partial charge >= 0.3 is 5.97 Å². The van der Waals surface area contributed by atoms with Gasteiger partial charge in [-0.05, 0) is 18.2 Å². The maximum absolute atomic E-state index is 11.8. The molecule has 0 aliphatic heterocycles. The Morgan fingerprint density at radius 2 is 2.27 bits per heavy atom. The van der Waals surface area contributed by atoms with Crippen LogP contribution >= 0.6 is 27.3 Å². The normalized spacial score (nSPS) is 12.3. The van der Waals surface area contributed by atoms with Crippen molar-refractivity contribution in [2.75, 3.05) is 13.7 Å². The number of carboxylic acid groups (broad SMARTS) is 1. The van der Waals surface area contributed by atoms with Crippen molar-refractivity contribution >= 4 is 49.4 Å². The minimum absolute atomic E-state index is 0.0593. The van der Waals surface area contributed by atoms with Crippen molar-refractivity contribution in [2.45, 2.75) is 18.9 Å². The number of nitrogens with one attached hydrogen (secondary N) is 1. The number of carboxylic acids is 1. The van der Waals surface area contributed by atoms with Gasteiger partial charge in [0.2, 0.25) is 5.91 Å². The van der Waals surface area contributed by atoms with Gasteiger partial charge in [0, 0.05) is 24.4 Å². The Morgan fingerprint density at radius 3 is 2.95 bits per heavy atom. The Morgan fingerprint density at radius 1 is 1.50 bits per heavy atom. The van der Waals surface area contributed by atoms with Gasteiger partial charge in [-0.2, -0.15) is 0 Å². The molecule has 6 nitrogen and oxygen atoms in total. The van der Waals surface area contributed by atoms with Crippen molar-refractivity contribution in [1.82, 2.24) is 10.3 Å². The summed E-state index contributed by atoms with van der Waals surface area (Å²) in [5.41, 5.74) is 0.887. The Kier molecular flexibility index (Phi) is 5.87. The molecule has 1 heterocycles. The van der Waals surface area contributed by atoms with E-state index in [1.807, 2.05) is 18.2 Å². The summed E-state index contributed by atoms with van der Waals surface area (Å²) in [6, 6.07) is 4.82. The number of aliphatic carboxylic acids is 1. The van der Waals surface area contributed by atoms with Crippen molar-refractivity contribution in [3.8, 4) is 0 Å². The third-order valence-corrected chi connectivity index (χ3v) is 4.52. The Labute approximate surface area is 139 Å². The number of ether oxygens (including phenoxy) is 1. The van der Waals surface area contributed by atoms with E-state index >= 15 is 0 Å². The Hall–Kier alpha value is -1.51. The van der Waals surface area contributed by atoms with Crippen LogP contribution in [0, 0.1) is 0 Å². The van der Waals surface area contributed by atoms with E-state index in [1.54, 1.807) is 0 Å². The summed E-state index contributed by atoms with van der Waals surface area (Å²) in [5, 5.41) is 12.2. The number of amides is 1. The topological polar surface area (TPSA) is 88.5 Å². The van der Waals surface area contributed by atoms with Crippen LogP contribution in [-0.4, -0.2) is 41.7 Å². The van der Waals surface area contributed by atoms with E-state index in [2.05, 4.69) is 26.2 Å². The summed E-state index contributed by atoms with van der Waals surface area (Å²) in [6.45, 7) is -0.0593. The first-order valence-corrected chi connectivity index (χ1v) is 8.16. The van der Waals surface area contributed by atoms with E-state index in [0.717, 1.165) is 19.7 Å². The molecule has 118 valence electrons. The molecule has 0 aliphatic rings. The molecule has 2 aromatic rings. The highest BCUT2D eigenvalue weighted by Gasteiger charge is 2.19. The molecular weight excluding hydrogens is 372 g/mol. The quantitative estimate of drug-likeness (QED) is 0.761. The highest BCUT2D eigenvalue weighted by molar-refractivity contribution is 9.10. The second-order valence-electron chi connectivity index (χ2n) is 4.63. The number of halogens is 1. The molecular formula is C14H15BrN2O4S. The molecule has 0 fully saturated rings. The number of methoxy groups -OCH3 is 1. The monoisotopic (exact) mass is 386 g/mol. The van der Waals surface area contributed by atoms with Crippen LogP contribution < -0.4 is 5.32 Å². The molecule has 0 bridgehead atoms. The van der Waals surface area contributed by atoms with Crippen LogP contribution in [0.15, 0.2) is 22.7 Å². The van der Waals surface area contributed by atoms with Crippen molar-refractivity contribution in [1.29, 1.82) is 0 Å². The first kappa shape index (κ1) is 16.9. The van der Waals surface area contributed by atoms with Gasteiger partial charge in [-0.15, -0.1) is 11.3 Å². The van der Waals surface area contributed by atoms with Gasteiger partial charge in [0.1, 0.15) is 0 Å². The molecule has 1 aromatic heterocycles. The van der Waals surface area contributed by atoms with Crippen LogP contribution in [0.4, 0.5) is 0 Å². The summed E-state index contributed by atoms with van der Waals surface area (Å²) in [4.78, 5) is 27.2. The molecule has 22 heavy (non-hydrogen) atoms. The standard InChI is InChI=1S/C14H15BrN2O4S/c1-21-7-10(14(19)20)16-12(18)4-5-13-17-9-6-8(15)2-3-11(9)22-13/h2-3,6,10H,4-5,7H2,1H3,(H,16,18)(H,19,20). The average Bonchev–Trinajstić information content (AvgIpc) is 2.86. The van der Waals surface area contributed by atoms with Crippen LogP contribution in [0.1, 0.15) is 11.4 Å². The number of rotatable bonds is 7. The SMILES string of the molecule is COCC(NC(=O)CCc1nc2cc(Br)ccc2s1)C(=O)O. The third kappa shape index (κ3) is 4.49. The minimum Gasteiger partial charge on any atom is -0.480 e. The van der Waals surface area contributed by atoms with Crippen molar-refractivity contribution in [3.63, 3.8) is 0 Å². The van der Waals surface area contributed by atoms with E-state index < -0.39 is 12.0 Å². The summed E-state index contributed by atoms with van der Waals surface area (Å²) >= 11 is 4.92. The van der Waals surface area contributed by atoms with E-state index in [-0.39, 0.29) is 18.9 Å². The zero-order chi connectivity index (χ0) is 16.1. The second-order valence-corrected chi connectivity index (χ2v) is 6.66. The lowest BCUT2D eigenvalue weighted by molar-refractivity contribution is -0.143. The molecule has 0 saturated carbocycles. The van der Waals surface area contributed by atoms with Gasteiger partial charge in [-0.3, -0.25) is 4.79 Å². The second kappa shape index (κ2) is 7.66. The first-order chi connectivity index (χ1) is 10.5. The molecule has 0 saturated heterocycles. The lowest BCUT2D eigenvalue weighted by Gasteiger charge is -2.12. The van der Waals surface area contributed by atoms with Crippen LogP contribution in [0.2, 0.25) is 0 Å². The predicted molar refractivity (Wildman–Crippen MR) is 87.1 cm³/mol. The van der Waals surface area contributed by atoms with Gasteiger partial charge in [-0.25, -0.2) is 9.78 Å². The first-order valence-electron chi connectivity index (χ1n) is 6.55.